The van der Waals surface area contributed by atoms with Gasteiger partial charge in [0, 0.05) is 0 Å². The van der Waals surface area contributed by atoms with Gasteiger partial charge in [-0.05, 0) is 25.0 Å². The lowest BCUT2D eigenvalue weighted by Gasteiger charge is -2.20. The van der Waals surface area contributed by atoms with Gasteiger partial charge in [-0.15, -0.1) is 0 Å². The molecule has 0 radical (unpaired) electrons. The van der Waals surface area contributed by atoms with Gasteiger partial charge >= 0.3 is 5.97 Å². The van der Waals surface area contributed by atoms with Gasteiger partial charge in [-0.1, -0.05) is 36.7 Å². The van der Waals surface area contributed by atoms with Crippen LogP contribution in [0.25, 0.3) is 0 Å². The van der Waals surface area contributed by atoms with Crippen LogP contribution in [-0.2, 0) is 9.59 Å². The van der Waals surface area contributed by atoms with E-state index in [1.807, 2.05) is 12.1 Å². The first-order valence-corrected chi connectivity index (χ1v) is 8.91. The molecule has 7 heteroatoms. The van der Waals surface area contributed by atoms with Crippen LogP contribution in [0.5, 0.6) is 5.75 Å². The number of carbonyl (C=O) groups is 2. The number of methoxy groups -OCH3 is 1. The Morgan fingerprint density at radius 1 is 1.38 bits per heavy atom. The van der Waals surface area contributed by atoms with Crippen LogP contribution in [0.1, 0.15) is 32.1 Å². The lowest BCUT2D eigenvalue weighted by molar-refractivity contribution is -0.138. The summed E-state index contributed by atoms with van der Waals surface area (Å²) in [5.41, 5.74) is 0.613. The Labute approximate surface area is 144 Å². The molecule has 1 unspecified atom stereocenters. The predicted octanol–water partition coefficient (Wildman–Crippen LogP) is 2.92. The topological polar surface area (TPSA) is 79.2 Å². The molecule has 1 aromatic rings. The molecule has 2 fully saturated rings. The Morgan fingerprint density at radius 2 is 2.08 bits per heavy atom. The highest BCUT2D eigenvalue weighted by Crippen LogP contribution is 2.39. The number of thioether (sulfide) groups is 1. The summed E-state index contributed by atoms with van der Waals surface area (Å²) in [7, 11) is 1.55. The summed E-state index contributed by atoms with van der Waals surface area (Å²) in [6.07, 6.45) is 4.11. The molecular formula is C17H20N2O4S. The predicted molar refractivity (Wildman–Crippen MR) is 93.8 cm³/mol. The summed E-state index contributed by atoms with van der Waals surface area (Å²) in [5, 5.41) is 9.01. The zero-order chi connectivity index (χ0) is 17.1. The highest BCUT2D eigenvalue weighted by molar-refractivity contribution is 8.16. The van der Waals surface area contributed by atoms with E-state index in [0.29, 0.717) is 16.6 Å². The Hall–Kier alpha value is -2.02. The van der Waals surface area contributed by atoms with E-state index in [9.17, 15) is 9.59 Å². The zero-order valence-electron chi connectivity index (χ0n) is 13.5. The van der Waals surface area contributed by atoms with Crippen LogP contribution in [0.2, 0.25) is 0 Å². The van der Waals surface area contributed by atoms with E-state index in [4.69, 9.17) is 14.8 Å². The van der Waals surface area contributed by atoms with Gasteiger partial charge in [0.1, 0.15) is 11.0 Å². The summed E-state index contributed by atoms with van der Waals surface area (Å²) in [6.45, 7) is 0. The van der Waals surface area contributed by atoms with Gasteiger partial charge in [0.25, 0.3) is 0 Å². The van der Waals surface area contributed by atoms with Crippen LogP contribution in [0.15, 0.2) is 29.3 Å². The molecule has 1 amide bonds. The minimum Gasteiger partial charge on any atom is -0.495 e. The SMILES string of the molecule is COc1ccccc1N1C(=O)C(CC(=O)O)SC1=NC1CCCC1. The number of rotatable bonds is 5. The first-order valence-electron chi connectivity index (χ1n) is 8.03. The second-order valence-corrected chi connectivity index (χ2v) is 7.07. The molecule has 1 aliphatic heterocycles. The number of carbonyl (C=O) groups excluding carboxylic acids is 1. The van der Waals surface area contributed by atoms with Crippen molar-refractivity contribution in [2.75, 3.05) is 12.0 Å². The van der Waals surface area contributed by atoms with Crippen LogP contribution in [0.3, 0.4) is 0 Å². The van der Waals surface area contributed by atoms with Gasteiger partial charge in [-0.3, -0.25) is 19.5 Å². The third-order valence-electron chi connectivity index (χ3n) is 4.24. The van der Waals surface area contributed by atoms with Crippen molar-refractivity contribution >= 4 is 34.5 Å². The van der Waals surface area contributed by atoms with E-state index < -0.39 is 11.2 Å². The largest absolute Gasteiger partial charge is 0.495 e. The molecule has 1 heterocycles. The number of amidine groups is 1. The number of carboxylic acids is 1. The number of hydrogen-bond acceptors (Lipinski definition) is 5. The molecule has 1 atom stereocenters. The summed E-state index contributed by atoms with van der Waals surface area (Å²) in [5.74, 6) is -0.659. The van der Waals surface area contributed by atoms with E-state index in [1.54, 1.807) is 19.2 Å². The van der Waals surface area contributed by atoms with E-state index in [-0.39, 0.29) is 18.4 Å². The van der Waals surface area contributed by atoms with Crippen molar-refractivity contribution in [2.45, 2.75) is 43.4 Å². The zero-order valence-corrected chi connectivity index (χ0v) is 14.3. The average Bonchev–Trinajstić information content (AvgIpc) is 3.16. The Bertz CT molecular complexity index is 670. The first-order chi connectivity index (χ1) is 11.6. The number of aliphatic carboxylic acids is 1. The molecule has 2 aliphatic rings. The molecule has 128 valence electrons. The number of anilines is 1. The average molecular weight is 348 g/mol. The molecule has 24 heavy (non-hydrogen) atoms. The lowest BCUT2D eigenvalue weighted by atomic mass is 10.2. The van der Waals surface area contributed by atoms with Crippen molar-refractivity contribution in [1.29, 1.82) is 0 Å². The maximum absolute atomic E-state index is 12.8. The van der Waals surface area contributed by atoms with Gasteiger partial charge in [0.05, 0.1) is 25.3 Å². The fraction of sp³-hybridized carbons (Fsp3) is 0.471. The monoisotopic (exact) mass is 348 g/mol. The minimum atomic E-state index is -0.983. The highest BCUT2D eigenvalue weighted by atomic mass is 32.2. The van der Waals surface area contributed by atoms with Crippen molar-refractivity contribution < 1.29 is 19.4 Å². The maximum Gasteiger partial charge on any atom is 0.305 e. The summed E-state index contributed by atoms with van der Waals surface area (Å²) >= 11 is 1.25. The maximum atomic E-state index is 12.8. The second-order valence-electron chi connectivity index (χ2n) is 5.90. The van der Waals surface area contributed by atoms with E-state index in [2.05, 4.69) is 0 Å². The van der Waals surface area contributed by atoms with Gasteiger partial charge < -0.3 is 9.84 Å². The first kappa shape index (κ1) is 16.8. The number of hydrogen-bond donors (Lipinski definition) is 1. The summed E-state index contributed by atoms with van der Waals surface area (Å²) in [4.78, 5) is 30.1. The van der Waals surface area contributed by atoms with Gasteiger partial charge in [0.15, 0.2) is 5.17 Å². The number of aliphatic imine (C=N–C) groups is 1. The molecular weight excluding hydrogens is 328 g/mol. The van der Waals surface area contributed by atoms with Crippen molar-refractivity contribution in [3.05, 3.63) is 24.3 Å². The van der Waals surface area contributed by atoms with Gasteiger partial charge in [-0.25, -0.2) is 0 Å². The molecule has 1 aromatic carbocycles. The van der Waals surface area contributed by atoms with Crippen molar-refractivity contribution in [1.82, 2.24) is 0 Å². The van der Waals surface area contributed by atoms with Crippen LogP contribution in [-0.4, -0.2) is 40.6 Å². The van der Waals surface area contributed by atoms with Crippen LogP contribution >= 0.6 is 11.8 Å². The smallest absolute Gasteiger partial charge is 0.305 e. The Balaban J connectivity index is 1.97. The van der Waals surface area contributed by atoms with Crippen molar-refractivity contribution in [3.63, 3.8) is 0 Å². The van der Waals surface area contributed by atoms with Crippen LogP contribution < -0.4 is 9.64 Å². The number of amides is 1. The fourth-order valence-corrected chi connectivity index (χ4v) is 4.26. The number of benzene rings is 1. The minimum absolute atomic E-state index is 0.209. The third kappa shape index (κ3) is 3.40. The molecule has 1 aliphatic carbocycles. The molecule has 0 bridgehead atoms. The molecule has 3 rings (SSSR count). The van der Waals surface area contributed by atoms with E-state index >= 15 is 0 Å². The molecule has 1 N–H and O–H groups in total. The second kappa shape index (κ2) is 7.25. The molecule has 0 spiro atoms. The standard InChI is InChI=1S/C17H20N2O4S/c1-23-13-9-5-4-8-12(13)19-16(22)14(10-15(20)21)24-17(19)18-11-6-2-3-7-11/h4-5,8-9,11,14H,2-3,6-7,10H2,1H3,(H,20,21). The summed E-state index contributed by atoms with van der Waals surface area (Å²) in [6, 6.07) is 7.45. The number of nitrogens with zero attached hydrogens (tertiary/aromatic N) is 2. The van der Waals surface area contributed by atoms with E-state index in [0.717, 1.165) is 25.7 Å². The molecule has 0 aromatic heterocycles. The highest BCUT2D eigenvalue weighted by Gasteiger charge is 2.41. The number of ether oxygens (including phenoxy) is 1. The third-order valence-corrected chi connectivity index (χ3v) is 5.39. The molecule has 1 saturated carbocycles. The molecule has 1 saturated heterocycles. The quantitative estimate of drug-likeness (QED) is 0.885. The summed E-state index contributed by atoms with van der Waals surface area (Å²) < 4.78 is 5.37. The van der Waals surface area contributed by atoms with Crippen LogP contribution in [0.4, 0.5) is 5.69 Å². The normalized spacial score (nSPS) is 23.2. The van der Waals surface area contributed by atoms with Gasteiger partial charge in [0.2, 0.25) is 5.91 Å². The van der Waals surface area contributed by atoms with Crippen molar-refractivity contribution in [3.8, 4) is 5.75 Å². The van der Waals surface area contributed by atoms with E-state index in [1.165, 1.54) is 16.7 Å². The fourth-order valence-electron chi connectivity index (χ4n) is 3.07. The van der Waals surface area contributed by atoms with Gasteiger partial charge in [-0.2, -0.15) is 0 Å². The lowest BCUT2D eigenvalue weighted by Crippen LogP contribution is -2.33. The molecule has 6 nitrogen and oxygen atoms in total. The Kier molecular flexibility index (Phi) is 5.08. The number of carboxylic acid groups (broad SMARTS) is 1. The van der Waals surface area contributed by atoms with Crippen molar-refractivity contribution in [2.24, 2.45) is 4.99 Å². The number of para-hydroxylation sites is 2. The Morgan fingerprint density at radius 3 is 2.75 bits per heavy atom. The van der Waals surface area contributed by atoms with Crippen LogP contribution in [0, 0.1) is 0 Å².